The third kappa shape index (κ3) is 4.71. The molecule has 5 heteroatoms. The van der Waals surface area contributed by atoms with Crippen molar-refractivity contribution in [1.29, 1.82) is 0 Å². The average molecular weight is 316 g/mol. The fourth-order valence-electron chi connectivity index (χ4n) is 2.78. The van der Waals surface area contributed by atoms with E-state index in [1.54, 1.807) is 0 Å². The van der Waals surface area contributed by atoms with E-state index in [-0.39, 0.29) is 5.91 Å². The Hall–Kier alpha value is -2.04. The van der Waals surface area contributed by atoms with Gasteiger partial charge in [-0.1, -0.05) is 25.5 Å². The molecule has 1 saturated heterocycles. The first-order valence-electron chi connectivity index (χ1n) is 8.46. The van der Waals surface area contributed by atoms with E-state index in [0.29, 0.717) is 6.42 Å². The van der Waals surface area contributed by atoms with Crippen LogP contribution in [0.2, 0.25) is 0 Å². The number of unbranched alkanes of at least 4 members (excludes halogenated alkanes) is 1. The lowest BCUT2D eigenvalue weighted by Gasteiger charge is -2.22. The van der Waals surface area contributed by atoms with Gasteiger partial charge in [0.2, 0.25) is 5.91 Å². The first-order valence-corrected chi connectivity index (χ1v) is 8.46. The molecule has 5 nitrogen and oxygen atoms in total. The summed E-state index contributed by atoms with van der Waals surface area (Å²) < 4.78 is 0. The van der Waals surface area contributed by atoms with Gasteiger partial charge in [-0.15, -0.1) is 0 Å². The molecule has 126 valence electrons. The summed E-state index contributed by atoms with van der Waals surface area (Å²) in [6.07, 6.45) is 3.97. The number of rotatable bonds is 6. The van der Waals surface area contributed by atoms with E-state index in [0.717, 1.165) is 44.1 Å². The summed E-state index contributed by atoms with van der Waals surface area (Å²) >= 11 is 0. The summed E-state index contributed by atoms with van der Waals surface area (Å²) in [7, 11) is 3.87. The summed E-state index contributed by atoms with van der Waals surface area (Å²) in [5, 5.41) is 3.39. The molecule has 1 aliphatic rings. The molecule has 2 rings (SSSR count). The van der Waals surface area contributed by atoms with E-state index in [4.69, 9.17) is 0 Å². The molecule has 1 N–H and O–H groups in total. The van der Waals surface area contributed by atoms with Crippen molar-refractivity contribution in [3.05, 3.63) is 29.8 Å². The van der Waals surface area contributed by atoms with Crippen molar-refractivity contribution >= 4 is 17.6 Å². The Labute approximate surface area is 139 Å². The number of hydrogen-bond acceptors (Lipinski definition) is 2. The van der Waals surface area contributed by atoms with Crippen LogP contribution in [0.15, 0.2) is 29.3 Å². The second-order valence-electron chi connectivity index (χ2n) is 5.99. The fourth-order valence-corrected chi connectivity index (χ4v) is 2.78. The molecule has 0 aliphatic carbocycles. The molecular weight excluding hydrogens is 288 g/mol. The van der Waals surface area contributed by atoms with Crippen LogP contribution < -0.4 is 10.2 Å². The van der Waals surface area contributed by atoms with Crippen LogP contribution in [0.4, 0.5) is 5.69 Å². The second-order valence-corrected chi connectivity index (χ2v) is 5.99. The van der Waals surface area contributed by atoms with Gasteiger partial charge in [0.1, 0.15) is 0 Å². The molecule has 1 amide bonds. The smallest absolute Gasteiger partial charge is 0.227 e. The standard InChI is InChI=1S/C18H28N4O/c1-4-5-12-21(3)18(19-2)20-14-15-8-10-16(11-9-15)22-13-6-7-17(22)23/h8-11H,4-7,12-14H2,1-3H3,(H,19,20). The monoisotopic (exact) mass is 316 g/mol. The second kappa shape index (κ2) is 8.56. The largest absolute Gasteiger partial charge is 0.352 e. The maximum atomic E-state index is 11.8. The van der Waals surface area contributed by atoms with Crippen molar-refractivity contribution in [3.63, 3.8) is 0 Å². The van der Waals surface area contributed by atoms with Crippen LogP contribution in [0.3, 0.4) is 0 Å². The van der Waals surface area contributed by atoms with Gasteiger partial charge in [-0.25, -0.2) is 0 Å². The van der Waals surface area contributed by atoms with Crippen molar-refractivity contribution in [3.8, 4) is 0 Å². The average Bonchev–Trinajstić information content (AvgIpc) is 3.00. The van der Waals surface area contributed by atoms with Crippen molar-refractivity contribution in [2.75, 3.05) is 32.1 Å². The van der Waals surface area contributed by atoms with Gasteiger partial charge < -0.3 is 15.1 Å². The van der Waals surface area contributed by atoms with Crippen LogP contribution in [0.5, 0.6) is 0 Å². The highest BCUT2D eigenvalue weighted by molar-refractivity contribution is 5.95. The minimum absolute atomic E-state index is 0.230. The van der Waals surface area contributed by atoms with Crippen LogP contribution in [0.1, 0.15) is 38.2 Å². The van der Waals surface area contributed by atoms with E-state index in [2.05, 4.69) is 41.3 Å². The fraction of sp³-hybridized carbons (Fsp3) is 0.556. The Bertz CT molecular complexity index is 538. The van der Waals surface area contributed by atoms with Crippen molar-refractivity contribution in [2.45, 2.75) is 39.2 Å². The zero-order chi connectivity index (χ0) is 16.7. The number of anilines is 1. The third-order valence-electron chi connectivity index (χ3n) is 4.19. The SMILES string of the molecule is CCCCN(C)C(=NC)NCc1ccc(N2CCCC2=O)cc1. The molecule has 0 bridgehead atoms. The highest BCUT2D eigenvalue weighted by atomic mass is 16.2. The zero-order valence-corrected chi connectivity index (χ0v) is 14.5. The zero-order valence-electron chi connectivity index (χ0n) is 14.5. The molecule has 0 spiro atoms. The lowest BCUT2D eigenvalue weighted by atomic mass is 10.2. The number of hydrogen-bond donors (Lipinski definition) is 1. The number of amides is 1. The molecule has 0 unspecified atom stereocenters. The van der Waals surface area contributed by atoms with Gasteiger partial charge in [-0.3, -0.25) is 9.79 Å². The molecule has 1 aromatic rings. The molecule has 23 heavy (non-hydrogen) atoms. The minimum Gasteiger partial charge on any atom is -0.352 e. The van der Waals surface area contributed by atoms with E-state index in [1.165, 1.54) is 12.0 Å². The molecule has 0 aromatic heterocycles. The quantitative estimate of drug-likeness (QED) is 0.648. The van der Waals surface area contributed by atoms with Crippen LogP contribution in [0, 0.1) is 0 Å². The Morgan fingerprint density at radius 1 is 1.35 bits per heavy atom. The van der Waals surface area contributed by atoms with Crippen LogP contribution in [0.25, 0.3) is 0 Å². The maximum Gasteiger partial charge on any atom is 0.227 e. The highest BCUT2D eigenvalue weighted by Gasteiger charge is 2.21. The number of carbonyl (C=O) groups excluding carboxylic acids is 1. The van der Waals surface area contributed by atoms with Gasteiger partial charge in [-0.2, -0.15) is 0 Å². The summed E-state index contributed by atoms with van der Waals surface area (Å²) in [4.78, 5) is 20.1. The van der Waals surface area contributed by atoms with Gasteiger partial charge in [0.05, 0.1) is 0 Å². The van der Waals surface area contributed by atoms with E-state index < -0.39 is 0 Å². The number of nitrogens with zero attached hydrogens (tertiary/aromatic N) is 3. The first-order chi connectivity index (χ1) is 11.2. The molecule has 0 saturated carbocycles. The Morgan fingerprint density at radius 3 is 2.65 bits per heavy atom. The first kappa shape index (κ1) is 17.3. The summed E-state index contributed by atoms with van der Waals surface area (Å²) in [5.41, 5.74) is 2.19. The van der Waals surface area contributed by atoms with Crippen molar-refractivity contribution in [2.24, 2.45) is 4.99 Å². The number of benzene rings is 1. The molecule has 1 fully saturated rings. The Morgan fingerprint density at radius 2 is 2.09 bits per heavy atom. The lowest BCUT2D eigenvalue weighted by Crippen LogP contribution is -2.38. The minimum atomic E-state index is 0.230. The lowest BCUT2D eigenvalue weighted by molar-refractivity contribution is -0.117. The Balaban J connectivity index is 1.89. The maximum absolute atomic E-state index is 11.8. The van der Waals surface area contributed by atoms with Gasteiger partial charge in [0.25, 0.3) is 0 Å². The number of guanidine groups is 1. The molecule has 0 atom stereocenters. The predicted molar refractivity (Wildman–Crippen MR) is 95.8 cm³/mol. The summed E-state index contributed by atoms with van der Waals surface area (Å²) in [6, 6.07) is 8.22. The Kier molecular flexibility index (Phi) is 6.44. The predicted octanol–water partition coefficient (Wildman–Crippen LogP) is 2.62. The van der Waals surface area contributed by atoms with Crippen molar-refractivity contribution in [1.82, 2.24) is 10.2 Å². The van der Waals surface area contributed by atoms with Gasteiger partial charge >= 0.3 is 0 Å². The van der Waals surface area contributed by atoms with Crippen LogP contribution in [-0.4, -0.2) is 44.0 Å². The molecule has 1 heterocycles. The molecule has 1 aromatic carbocycles. The third-order valence-corrected chi connectivity index (χ3v) is 4.19. The van der Waals surface area contributed by atoms with Crippen LogP contribution in [-0.2, 0) is 11.3 Å². The number of carbonyl (C=O) groups is 1. The number of nitrogens with one attached hydrogen (secondary N) is 1. The van der Waals surface area contributed by atoms with Gasteiger partial charge in [-0.05, 0) is 30.5 Å². The topological polar surface area (TPSA) is 47.9 Å². The van der Waals surface area contributed by atoms with E-state index in [1.807, 2.05) is 24.1 Å². The van der Waals surface area contributed by atoms with Gasteiger partial charge in [0.15, 0.2) is 5.96 Å². The highest BCUT2D eigenvalue weighted by Crippen LogP contribution is 2.21. The molecule has 0 radical (unpaired) electrons. The number of aliphatic imine (C=N–C) groups is 1. The normalized spacial score (nSPS) is 15.2. The summed E-state index contributed by atoms with van der Waals surface area (Å²) in [6.45, 7) is 4.77. The van der Waals surface area contributed by atoms with E-state index >= 15 is 0 Å². The molecular formula is C18H28N4O. The summed E-state index contributed by atoms with van der Waals surface area (Å²) in [5.74, 6) is 1.14. The van der Waals surface area contributed by atoms with Gasteiger partial charge in [0, 0.05) is 45.8 Å². The molecule has 1 aliphatic heterocycles. The van der Waals surface area contributed by atoms with Crippen molar-refractivity contribution < 1.29 is 4.79 Å². The van der Waals surface area contributed by atoms with Crippen LogP contribution >= 0.6 is 0 Å². The van der Waals surface area contributed by atoms with E-state index in [9.17, 15) is 4.79 Å².